The normalized spacial score (nSPS) is 15.1. The number of fused-ring (bicyclic) bond motifs is 1. The summed E-state index contributed by atoms with van der Waals surface area (Å²) in [6.07, 6.45) is 0.611. The lowest BCUT2D eigenvalue weighted by atomic mass is 10.1. The molecule has 8 heteroatoms. The zero-order valence-corrected chi connectivity index (χ0v) is 18.5. The van der Waals surface area contributed by atoms with Crippen molar-refractivity contribution in [1.29, 1.82) is 0 Å². The summed E-state index contributed by atoms with van der Waals surface area (Å²) >= 11 is 12.4. The van der Waals surface area contributed by atoms with Gasteiger partial charge in [0, 0.05) is 48.5 Å². The van der Waals surface area contributed by atoms with Gasteiger partial charge in [0.1, 0.15) is 0 Å². The summed E-state index contributed by atoms with van der Waals surface area (Å²) in [6, 6.07) is 10.7. The maximum Gasteiger partial charge on any atom is 0.262 e. The van der Waals surface area contributed by atoms with Crippen molar-refractivity contribution in [3.05, 3.63) is 62.4 Å². The number of anilines is 2. The maximum atomic E-state index is 13.4. The number of hydrogen-bond acceptors (Lipinski definition) is 5. The predicted octanol–water partition coefficient (Wildman–Crippen LogP) is 3.67. The first-order valence-corrected chi connectivity index (χ1v) is 10.9. The van der Waals surface area contributed by atoms with E-state index in [1.807, 2.05) is 12.1 Å². The molecule has 0 unspecified atom stereocenters. The van der Waals surface area contributed by atoms with Gasteiger partial charge in [-0.15, -0.1) is 0 Å². The second-order valence-corrected chi connectivity index (χ2v) is 8.40. The standard InChI is InChI=1S/C22H25Cl2N5O/c1-2-27-9-11-28(12-10-27)22-26-20-14-17(25)5-6-18(20)21(30)29(22)8-7-15-3-4-16(23)13-19(15)24/h3-6,13-14H,2,7-12,25H2,1H3. The van der Waals surface area contributed by atoms with E-state index in [0.29, 0.717) is 45.5 Å². The number of hydrogen-bond donors (Lipinski definition) is 1. The Bertz CT molecular complexity index is 1120. The fourth-order valence-electron chi connectivity index (χ4n) is 3.89. The van der Waals surface area contributed by atoms with E-state index in [1.165, 1.54) is 0 Å². The van der Waals surface area contributed by atoms with Gasteiger partial charge in [-0.2, -0.15) is 0 Å². The molecule has 2 aromatic carbocycles. The minimum atomic E-state index is -0.0574. The van der Waals surface area contributed by atoms with Gasteiger partial charge in [-0.25, -0.2) is 4.98 Å². The van der Waals surface area contributed by atoms with E-state index < -0.39 is 0 Å². The molecule has 1 aliphatic heterocycles. The quantitative estimate of drug-likeness (QED) is 0.606. The third-order valence-corrected chi connectivity index (χ3v) is 6.27. The van der Waals surface area contributed by atoms with Gasteiger partial charge in [0.05, 0.1) is 10.9 Å². The summed E-state index contributed by atoms with van der Waals surface area (Å²) in [6.45, 7) is 7.23. The Morgan fingerprint density at radius 2 is 1.83 bits per heavy atom. The molecule has 2 N–H and O–H groups in total. The average Bonchev–Trinajstić information content (AvgIpc) is 2.74. The zero-order valence-electron chi connectivity index (χ0n) is 16.9. The summed E-state index contributed by atoms with van der Waals surface area (Å²) in [4.78, 5) is 22.8. The molecular weight excluding hydrogens is 421 g/mol. The molecule has 0 radical (unpaired) electrons. The Hall–Kier alpha value is -2.28. The highest BCUT2D eigenvalue weighted by atomic mass is 35.5. The monoisotopic (exact) mass is 445 g/mol. The van der Waals surface area contributed by atoms with Crippen LogP contribution in [0.25, 0.3) is 10.9 Å². The van der Waals surface area contributed by atoms with E-state index >= 15 is 0 Å². The van der Waals surface area contributed by atoms with Crippen molar-refractivity contribution in [2.45, 2.75) is 19.9 Å². The van der Waals surface area contributed by atoms with Crippen molar-refractivity contribution >= 4 is 45.7 Å². The van der Waals surface area contributed by atoms with Gasteiger partial charge in [-0.1, -0.05) is 36.2 Å². The molecule has 2 heterocycles. The van der Waals surface area contributed by atoms with Crippen molar-refractivity contribution in [2.75, 3.05) is 43.4 Å². The van der Waals surface area contributed by atoms with Crippen LogP contribution in [0.2, 0.25) is 10.0 Å². The largest absolute Gasteiger partial charge is 0.399 e. The lowest BCUT2D eigenvalue weighted by Gasteiger charge is -2.35. The highest BCUT2D eigenvalue weighted by Crippen LogP contribution is 2.23. The van der Waals surface area contributed by atoms with E-state index in [-0.39, 0.29) is 5.56 Å². The SMILES string of the molecule is CCN1CCN(c2nc3cc(N)ccc3c(=O)n2CCc2ccc(Cl)cc2Cl)CC1. The first-order chi connectivity index (χ1) is 14.5. The van der Waals surface area contributed by atoms with Gasteiger partial charge in [0.25, 0.3) is 5.56 Å². The Balaban J connectivity index is 1.73. The Labute approximate surface area is 185 Å². The maximum absolute atomic E-state index is 13.4. The molecule has 4 rings (SSSR count). The van der Waals surface area contributed by atoms with Crippen LogP contribution in [-0.4, -0.2) is 47.2 Å². The Kier molecular flexibility index (Phi) is 6.18. The molecule has 0 saturated carbocycles. The van der Waals surface area contributed by atoms with Crippen molar-refractivity contribution in [3.63, 3.8) is 0 Å². The van der Waals surface area contributed by atoms with Crippen molar-refractivity contribution in [1.82, 2.24) is 14.5 Å². The van der Waals surface area contributed by atoms with Crippen molar-refractivity contribution in [3.8, 4) is 0 Å². The van der Waals surface area contributed by atoms with E-state index in [0.717, 1.165) is 38.3 Å². The molecule has 1 saturated heterocycles. The van der Waals surface area contributed by atoms with Gasteiger partial charge >= 0.3 is 0 Å². The minimum Gasteiger partial charge on any atom is -0.399 e. The molecule has 0 amide bonds. The minimum absolute atomic E-state index is 0.0574. The van der Waals surface area contributed by atoms with Gasteiger partial charge in [0.15, 0.2) is 0 Å². The lowest BCUT2D eigenvalue weighted by Crippen LogP contribution is -2.48. The fraction of sp³-hybridized carbons (Fsp3) is 0.364. The van der Waals surface area contributed by atoms with Crippen LogP contribution in [0.15, 0.2) is 41.2 Å². The molecular formula is C22H25Cl2N5O. The molecule has 1 aliphatic rings. The van der Waals surface area contributed by atoms with Crippen LogP contribution in [0.3, 0.4) is 0 Å². The fourth-order valence-corrected chi connectivity index (χ4v) is 4.39. The number of benzene rings is 2. The number of piperazine rings is 1. The summed E-state index contributed by atoms with van der Waals surface area (Å²) < 4.78 is 1.77. The molecule has 0 atom stereocenters. The molecule has 1 aromatic heterocycles. The number of nitrogens with two attached hydrogens (primary N) is 1. The van der Waals surface area contributed by atoms with Crippen LogP contribution in [0.5, 0.6) is 0 Å². The molecule has 30 heavy (non-hydrogen) atoms. The number of rotatable bonds is 5. The summed E-state index contributed by atoms with van der Waals surface area (Å²) in [7, 11) is 0. The summed E-state index contributed by atoms with van der Waals surface area (Å²) in [5.74, 6) is 0.693. The number of nitrogen functional groups attached to an aromatic ring is 1. The van der Waals surface area contributed by atoms with Crippen LogP contribution >= 0.6 is 23.2 Å². The average molecular weight is 446 g/mol. The number of aryl methyl sites for hydroxylation is 1. The highest BCUT2D eigenvalue weighted by Gasteiger charge is 2.22. The van der Waals surface area contributed by atoms with Crippen LogP contribution in [0.4, 0.5) is 11.6 Å². The van der Waals surface area contributed by atoms with Crippen molar-refractivity contribution < 1.29 is 0 Å². The zero-order chi connectivity index (χ0) is 21.3. The third kappa shape index (κ3) is 4.26. The number of likely N-dealkylation sites (N-methyl/N-ethyl adjacent to an activating group) is 1. The Morgan fingerprint density at radius 1 is 1.07 bits per heavy atom. The van der Waals surface area contributed by atoms with E-state index in [2.05, 4.69) is 16.7 Å². The molecule has 6 nitrogen and oxygen atoms in total. The van der Waals surface area contributed by atoms with Crippen LogP contribution in [0, 0.1) is 0 Å². The van der Waals surface area contributed by atoms with Crippen LogP contribution in [-0.2, 0) is 13.0 Å². The second kappa shape index (κ2) is 8.84. The molecule has 0 bridgehead atoms. The highest BCUT2D eigenvalue weighted by molar-refractivity contribution is 6.35. The number of nitrogens with zero attached hydrogens (tertiary/aromatic N) is 4. The smallest absolute Gasteiger partial charge is 0.262 e. The van der Waals surface area contributed by atoms with Crippen molar-refractivity contribution in [2.24, 2.45) is 0 Å². The summed E-state index contributed by atoms with van der Waals surface area (Å²) in [5, 5.41) is 1.78. The molecule has 0 spiro atoms. The summed E-state index contributed by atoms with van der Waals surface area (Å²) in [5.41, 5.74) is 8.07. The van der Waals surface area contributed by atoms with E-state index in [4.69, 9.17) is 33.9 Å². The van der Waals surface area contributed by atoms with Crippen LogP contribution in [0.1, 0.15) is 12.5 Å². The van der Waals surface area contributed by atoms with Gasteiger partial charge in [0.2, 0.25) is 5.95 Å². The lowest BCUT2D eigenvalue weighted by molar-refractivity contribution is 0.268. The van der Waals surface area contributed by atoms with Gasteiger partial charge in [-0.05, 0) is 48.9 Å². The Morgan fingerprint density at radius 3 is 2.53 bits per heavy atom. The van der Waals surface area contributed by atoms with Crippen LogP contribution < -0.4 is 16.2 Å². The van der Waals surface area contributed by atoms with E-state index in [9.17, 15) is 4.79 Å². The molecule has 158 valence electrons. The van der Waals surface area contributed by atoms with Gasteiger partial charge < -0.3 is 15.5 Å². The molecule has 1 fully saturated rings. The second-order valence-electron chi connectivity index (χ2n) is 7.55. The topological polar surface area (TPSA) is 67.4 Å². The van der Waals surface area contributed by atoms with Gasteiger partial charge in [-0.3, -0.25) is 9.36 Å². The first-order valence-electron chi connectivity index (χ1n) is 10.2. The first kappa shape index (κ1) is 21.0. The molecule has 0 aliphatic carbocycles. The number of halogens is 2. The number of aromatic nitrogens is 2. The molecule has 3 aromatic rings. The van der Waals surface area contributed by atoms with E-state index in [1.54, 1.807) is 28.8 Å². The predicted molar refractivity (Wildman–Crippen MR) is 125 cm³/mol. The third-order valence-electron chi connectivity index (χ3n) is 5.68.